The molecule has 3 heterocycles. The zero-order valence-electron chi connectivity index (χ0n) is 46.0. The Kier molecular flexibility index (Phi) is 20.2. The summed E-state index contributed by atoms with van der Waals surface area (Å²) in [6, 6.07) is 21.7. The molecule has 0 unspecified atom stereocenters. The van der Waals surface area contributed by atoms with Gasteiger partial charge in [-0.1, -0.05) is 91.0 Å². The van der Waals surface area contributed by atoms with Gasteiger partial charge in [0.05, 0.1) is 30.8 Å². The van der Waals surface area contributed by atoms with Crippen molar-refractivity contribution in [2.75, 3.05) is 13.2 Å². The molecule has 0 spiro atoms. The maximum Gasteiger partial charge on any atom is 0.408 e. The van der Waals surface area contributed by atoms with Crippen molar-refractivity contribution < 1.29 is 86.0 Å². The van der Waals surface area contributed by atoms with Crippen LogP contribution in [-0.4, -0.2) is 145 Å². The third-order valence-corrected chi connectivity index (χ3v) is 12.6. The number of carbonyl (C=O) groups excluding carboxylic acids is 6. The Bertz CT molecular complexity index is 2510. The van der Waals surface area contributed by atoms with Gasteiger partial charge in [-0.25, -0.2) is 24.0 Å². The van der Waals surface area contributed by atoms with Gasteiger partial charge >= 0.3 is 30.5 Å². The fourth-order valence-corrected chi connectivity index (χ4v) is 9.17. The summed E-state index contributed by atoms with van der Waals surface area (Å²) in [5.74, 6) is -0.853. The fraction of sp³-hybridized carbons (Fsp3) is 0.571. The van der Waals surface area contributed by atoms with Crippen molar-refractivity contribution in [3.8, 4) is 0 Å². The molecule has 0 aromatic heterocycles. The number of fused-ring (bicyclic) bond motifs is 1. The van der Waals surface area contributed by atoms with Gasteiger partial charge in [0.1, 0.15) is 66.6 Å². The standard InChI is InChI=1S/C56H75N5O18/c1-54(2,3)77-49(64)57-28-35-25-26-36(58-52(67)78-55(4,5)6)47(72-35)74-43-38(60-53(68)79-56(7,8)9)27-37(59-50(65)70-29-32-19-13-10-14-20-32)44(42(43)63)75-48-41(62)40(61-51(66)71-30-33-21-15-11-16-22-33)45-39(73-48)31-69-46(76-45)34-23-17-12-18-24-34/h10-24,35-40,42-48,63H,25-31H2,1-9H3,(H,57,64)(H,58,67)(H,59,65)(H,60,68)(H,61,66)/t35-,36+,37+,38-,39+,40+,42-,43+,44-,45+,46+,47+,48+/m0/s1. The molecule has 1 saturated carbocycles. The highest BCUT2D eigenvalue weighted by molar-refractivity contribution is 5.91. The molecule has 4 fully saturated rings. The highest BCUT2D eigenvalue weighted by Gasteiger charge is 2.55. The van der Waals surface area contributed by atoms with Crippen molar-refractivity contribution in [3.05, 3.63) is 108 Å². The van der Waals surface area contributed by atoms with E-state index in [9.17, 15) is 33.9 Å². The lowest BCUT2D eigenvalue weighted by molar-refractivity contribution is -0.321. The third kappa shape index (κ3) is 18.2. The zero-order chi connectivity index (χ0) is 57.1. The summed E-state index contributed by atoms with van der Waals surface area (Å²) in [7, 11) is 0. The van der Waals surface area contributed by atoms with E-state index in [0.29, 0.717) is 23.1 Å². The Hall–Kier alpha value is -6.60. The van der Waals surface area contributed by atoms with Gasteiger partial charge in [0, 0.05) is 12.1 Å². The molecule has 79 heavy (non-hydrogen) atoms. The molecule has 6 N–H and O–H groups in total. The second-order valence-corrected chi connectivity index (χ2v) is 22.6. The van der Waals surface area contributed by atoms with Crippen LogP contribution in [0, 0.1) is 0 Å². The van der Waals surface area contributed by atoms with Crippen LogP contribution in [0.2, 0.25) is 0 Å². The number of aliphatic hydroxyl groups excluding tert-OH is 1. The van der Waals surface area contributed by atoms with Crippen LogP contribution < -0.4 is 26.6 Å². The first-order chi connectivity index (χ1) is 37.4. The summed E-state index contributed by atoms with van der Waals surface area (Å²) >= 11 is 0. The second kappa shape index (κ2) is 26.6. The minimum Gasteiger partial charge on any atom is -0.445 e. The predicted octanol–water partition coefficient (Wildman–Crippen LogP) is 6.34. The van der Waals surface area contributed by atoms with E-state index in [1.165, 1.54) is 0 Å². The Labute approximate surface area is 459 Å². The lowest BCUT2D eigenvalue weighted by Crippen LogP contribution is -2.70. The van der Waals surface area contributed by atoms with Crippen LogP contribution in [0.5, 0.6) is 0 Å². The Morgan fingerprint density at radius 3 is 1.63 bits per heavy atom. The van der Waals surface area contributed by atoms with E-state index >= 15 is 0 Å². The molecule has 432 valence electrons. The van der Waals surface area contributed by atoms with Crippen LogP contribution in [0.1, 0.15) is 105 Å². The summed E-state index contributed by atoms with van der Waals surface area (Å²) in [5, 5.41) is 26.5. The number of hydrogen-bond acceptors (Lipinski definition) is 18. The van der Waals surface area contributed by atoms with E-state index in [2.05, 4.69) is 26.6 Å². The molecule has 23 heteroatoms. The van der Waals surface area contributed by atoms with E-state index in [0.717, 1.165) is 0 Å². The highest BCUT2D eigenvalue weighted by atomic mass is 16.8. The Morgan fingerprint density at radius 1 is 0.582 bits per heavy atom. The summed E-state index contributed by atoms with van der Waals surface area (Å²) in [5.41, 5.74) is -0.716. The maximum absolute atomic E-state index is 15.0. The molecule has 23 nitrogen and oxygen atoms in total. The molecular formula is C56H75N5O18. The average Bonchev–Trinajstić information content (AvgIpc) is 3.42. The fourth-order valence-electron chi connectivity index (χ4n) is 9.17. The first kappa shape index (κ1) is 60.0. The number of Topliss-reactive ketones (excluding diaryl/α,β-unsaturated/α-hetero) is 1. The first-order valence-corrected chi connectivity index (χ1v) is 26.4. The van der Waals surface area contributed by atoms with Crippen molar-refractivity contribution in [3.63, 3.8) is 0 Å². The highest BCUT2D eigenvalue weighted by Crippen LogP contribution is 2.36. The van der Waals surface area contributed by atoms with Gasteiger partial charge in [0.25, 0.3) is 0 Å². The van der Waals surface area contributed by atoms with Crippen LogP contribution in [0.4, 0.5) is 24.0 Å². The van der Waals surface area contributed by atoms with Gasteiger partial charge in [0.2, 0.25) is 12.1 Å². The van der Waals surface area contributed by atoms with E-state index in [-0.39, 0.29) is 39.2 Å². The molecule has 4 aliphatic rings. The average molecular weight is 1110 g/mol. The summed E-state index contributed by atoms with van der Waals surface area (Å²) < 4.78 is 66.4. The zero-order valence-corrected chi connectivity index (χ0v) is 46.0. The summed E-state index contributed by atoms with van der Waals surface area (Å²) in [6.45, 7) is 14.7. The van der Waals surface area contributed by atoms with Crippen LogP contribution >= 0.6 is 0 Å². The van der Waals surface area contributed by atoms with Crippen molar-refractivity contribution in [2.24, 2.45) is 0 Å². The largest absolute Gasteiger partial charge is 0.445 e. The van der Waals surface area contributed by atoms with Crippen molar-refractivity contribution in [1.82, 2.24) is 26.6 Å². The quantitative estimate of drug-likeness (QED) is 0.0906. The van der Waals surface area contributed by atoms with Crippen LogP contribution in [-0.2, 0) is 70.1 Å². The minimum absolute atomic E-state index is 0.0542. The van der Waals surface area contributed by atoms with E-state index in [4.69, 9.17) is 52.1 Å². The van der Waals surface area contributed by atoms with Crippen molar-refractivity contribution >= 4 is 36.2 Å². The van der Waals surface area contributed by atoms with Gasteiger partial charge in [0.15, 0.2) is 12.6 Å². The normalized spacial score (nSPS) is 28.1. The molecule has 3 aromatic rings. The monoisotopic (exact) mass is 1110 g/mol. The number of hydrogen-bond donors (Lipinski definition) is 6. The van der Waals surface area contributed by atoms with Crippen molar-refractivity contribution in [1.29, 1.82) is 0 Å². The lowest BCUT2D eigenvalue weighted by atomic mass is 9.83. The molecule has 0 radical (unpaired) electrons. The molecule has 5 amide bonds. The lowest BCUT2D eigenvalue weighted by Gasteiger charge is -2.49. The summed E-state index contributed by atoms with van der Waals surface area (Å²) in [4.78, 5) is 82.3. The number of benzene rings is 3. The molecule has 3 aliphatic heterocycles. The maximum atomic E-state index is 15.0. The number of carbonyl (C=O) groups is 6. The number of rotatable bonds is 15. The smallest absolute Gasteiger partial charge is 0.408 e. The van der Waals surface area contributed by atoms with E-state index in [1.807, 2.05) is 12.1 Å². The second-order valence-electron chi connectivity index (χ2n) is 22.6. The number of nitrogens with one attached hydrogen (secondary N) is 5. The third-order valence-electron chi connectivity index (χ3n) is 12.6. The van der Waals surface area contributed by atoms with E-state index < -0.39 is 133 Å². The molecule has 3 aromatic carbocycles. The predicted molar refractivity (Wildman–Crippen MR) is 280 cm³/mol. The number of aliphatic hydroxyl groups is 1. The van der Waals surface area contributed by atoms with Crippen LogP contribution in [0.3, 0.4) is 0 Å². The molecule has 1 aliphatic carbocycles. The van der Waals surface area contributed by atoms with Crippen LogP contribution in [0.15, 0.2) is 91.0 Å². The summed E-state index contributed by atoms with van der Waals surface area (Å²) in [6.07, 6.45) is -16.5. The molecule has 7 rings (SSSR count). The molecular weight excluding hydrogens is 1030 g/mol. The minimum atomic E-state index is -1.91. The van der Waals surface area contributed by atoms with Gasteiger partial charge < -0.3 is 83.8 Å². The Morgan fingerprint density at radius 2 is 1.08 bits per heavy atom. The number of ether oxygens (including phenoxy) is 11. The molecule has 0 bridgehead atoms. The van der Waals surface area contributed by atoms with Gasteiger partial charge in [-0.3, -0.25) is 4.79 Å². The van der Waals surface area contributed by atoms with E-state index in [1.54, 1.807) is 141 Å². The first-order valence-electron chi connectivity index (χ1n) is 26.4. The topological polar surface area (TPSA) is 284 Å². The van der Waals surface area contributed by atoms with Gasteiger partial charge in [-0.15, -0.1) is 0 Å². The molecule has 3 saturated heterocycles. The Balaban J connectivity index is 1.22. The molecule has 13 atom stereocenters. The number of amides is 5. The van der Waals surface area contributed by atoms with Crippen LogP contribution in [0.25, 0.3) is 0 Å². The SMILES string of the molecule is CC(C)(C)OC(=O)NC[C@@H]1CC[C@@H](NC(=O)OC(C)(C)C)[C@@H](O[C@H]2[C@H](O)[C@@H](O[C@H]3O[C@@H]4CO[C@@H](c5ccccc5)O[C@H]4[C@H](NC(=O)OCc4ccccc4)C3=O)[C@H](NC(=O)OCc3ccccc3)C[C@@H]2NC(=O)OC(C)(C)C)O1. The number of alkyl carbamates (subject to hydrolysis) is 5. The number of ketones is 1. The van der Waals surface area contributed by atoms with Gasteiger partial charge in [-0.2, -0.15) is 0 Å². The van der Waals surface area contributed by atoms with Gasteiger partial charge in [-0.05, 0) is 92.7 Å². The van der Waals surface area contributed by atoms with Crippen molar-refractivity contribution in [2.45, 2.75) is 191 Å².